The Balaban J connectivity index is 2.65. The molecule has 0 unspecified atom stereocenters. The molecule has 3 amide bonds. The number of carboxylic acids is 1. The lowest BCUT2D eigenvalue weighted by Crippen LogP contribution is -2.35. The number of anilines is 1. The first-order valence-corrected chi connectivity index (χ1v) is 5.33. The van der Waals surface area contributed by atoms with Gasteiger partial charge in [-0.25, -0.2) is 9.59 Å². The molecule has 0 radical (unpaired) electrons. The van der Waals surface area contributed by atoms with E-state index in [0.29, 0.717) is 5.69 Å². The van der Waals surface area contributed by atoms with Crippen molar-refractivity contribution in [3.8, 4) is 0 Å². The number of carbonyl (C=O) groups is 3. The van der Waals surface area contributed by atoms with Gasteiger partial charge in [0.2, 0.25) is 0 Å². The van der Waals surface area contributed by atoms with Gasteiger partial charge in [-0.2, -0.15) is 5.10 Å². The Morgan fingerprint density at radius 1 is 1.26 bits per heavy atom. The van der Waals surface area contributed by atoms with Crippen LogP contribution in [0.5, 0.6) is 0 Å². The first-order chi connectivity index (χ1) is 8.81. The van der Waals surface area contributed by atoms with Crippen LogP contribution in [0, 0.1) is 0 Å². The number of carbonyl (C=O) groups excluding carboxylic acids is 2. The predicted octanol–water partition coefficient (Wildman–Crippen LogP) is 0.489. The van der Waals surface area contributed by atoms with E-state index in [1.807, 2.05) is 5.32 Å². The lowest BCUT2D eigenvalue weighted by atomic mass is 10.1. The number of hydrogen-bond donors (Lipinski definition) is 3. The highest BCUT2D eigenvalue weighted by atomic mass is 16.4. The summed E-state index contributed by atoms with van der Waals surface area (Å²) in [6.07, 6.45) is 2.96. The van der Waals surface area contributed by atoms with Crippen LogP contribution in [0.15, 0.2) is 23.5 Å². The third-order valence-electron chi connectivity index (χ3n) is 2.41. The minimum absolute atomic E-state index is 0.0335. The van der Waals surface area contributed by atoms with Crippen LogP contribution in [0.2, 0.25) is 0 Å². The molecule has 8 heteroatoms. The van der Waals surface area contributed by atoms with E-state index in [0.717, 1.165) is 0 Å². The van der Waals surface area contributed by atoms with Gasteiger partial charge in [-0.1, -0.05) is 0 Å². The summed E-state index contributed by atoms with van der Waals surface area (Å²) in [5.74, 6) is -1.97. The first-order valence-electron chi connectivity index (χ1n) is 5.33. The smallest absolute Gasteiger partial charge is 0.331 e. The minimum Gasteiger partial charge on any atom is -0.478 e. The van der Waals surface area contributed by atoms with Crippen LogP contribution in [-0.2, 0) is 16.6 Å². The minimum atomic E-state index is -1.21. The molecule has 0 atom stereocenters. The standard InChI is InChI=1S/C11H14N4O4/c1-6(7(2)10(17)18)9(16)14-11(19)13-8-4-12-15(3)5-8/h4-5H,1-3H3,(H,17,18)(H2,13,14,16,19). The van der Waals surface area contributed by atoms with Gasteiger partial charge >= 0.3 is 12.0 Å². The molecule has 0 spiro atoms. The van der Waals surface area contributed by atoms with E-state index < -0.39 is 17.9 Å². The zero-order chi connectivity index (χ0) is 14.6. The van der Waals surface area contributed by atoms with Gasteiger partial charge in [0.1, 0.15) is 0 Å². The molecule has 8 nitrogen and oxygen atoms in total. The van der Waals surface area contributed by atoms with Crippen molar-refractivity contribution >= 4 is 23.6 Å². The molecule has 1 aromatic rings. The number of aliphatic carboxylic acids is 1. The lowest BCUT2D eigenvalue weighted by molar-refractivity contribution is -0.133. The SMILES string of the molecule is CC(C(=O)O)=C(C)C(=O)NC(=O)Nc1cnn(C)c1. The van der Waals surface area contributed by atoms with Crippen molar-refractivity contribution in [3.63, 3.8) is 0 Å². The molecule has 0 saturated heterocycles. The summed E-state index contributed by atoms with van der Waals surface area (Å²) in [6.45, 7) is 2.62. The molecule has 1 aromatic heterocycles. The van der Waals surface area contributed by atoms with Gasteiger partial charge in [0, 0.05) is 24.4 Å². The van der Waals surface area contributed by atoms with Crippen molar-refractivity contribution < 1.29 is 19.5 Å². The normalized spacial score (nSPS) is 11.5. The molecule has 0 aliphatic carbocycles. The second-order valence-electron chi connectivity index (χ2n) is 3.87. The average Bonchev–Trinajstić information content (AvgIpc) is 2.72. The second kappa shape index (κ2) is 5.80. The quantitative estimate of drug-likeness (QED) is 0.689. The number of aryl methyl sites for hydroxylation is 1. The molecular formula is C11H14N4O4. The topological polar surface area (TPSA) is 113 Å². The third-order valence-corrected chi connectivity index (χ3v) is 2.41. The van der Waals surface area contributed by atoms with Crippen molar-refractivity contribution in [2.45, 2.75) is 13.8 Å². The van der Waals surface area contributed by atoms with Gasteiger partial charge in [0.05, 0.1) is 11.9 Å². The zero-order valence-electron chi connectivity index (χ0n) is 10.7. The molecule has 102 valence electrons. The fraction of sp³-hybridized carbons (Fsp3) is 0.273. The molecule has 3 N–H and O–H groups in total. The van der Waals surface area contributed by atoms with Crippen molar-refractivity contribution in [1.29, 1.82) is 0 Å². The maximum atomic E-state index is 11.6. The second-order valence-corrected chi connectivity index (χ2v) is 3.87. The molecule has 0 aliphatic heterocycles. The highest BCUT2D eigenvalue weighted by molar-refractivity contribution is 6.10. The number of amides is 3. The molecule has 1 rings (SSSR count). The highest BCUT2D eigenvalue weighted by Gasteiger charge is 2.15. The Bertz CT molecular complexity index is 559. The Morgan fingerprint density at radius 2 is 1.89 bits per heavy atom. The Kier molecular flexibility index (Phi) is 4.41. The number of aromatic nitrogens is 2. The summed E-state index contributed by atoms with van der Waals surface area (Å²) in [5, 5.41) is 17.0. The van der Waals surface area contributed by atoms with Crippen LogP contribution < -0.4 is 10.6 Å². The number of nitrogens with zero attached hydrogens (tertiary/aromatic N) is 2. The van der Waals surface area contributed by atoms with Crippen LogP contribution >= 0.6 is 0 Å². The highest BCUT2D eigenvalue weighted by Crippen LogP contribution is 2.05. The van der Waals surface area contributed by atoms with Crippen molar-refractivity contribution in [2.75, 3.05) is 5.32 Å². The summed E-state index contributed by atoms with van der Waals surface area (Å²) in [7, 11) is 1.68. The number of imide groups is 1. The Morgan fingerprint density at radius 3 is 2.37 bits per heavy atom. The van der Waals surface area contributed by atoms with Crippen molar-refractivity contribution in [2.24, 2.45) is 7.05 Å². The van der Waals surface area contributed by atoms with Crippen LogP contribution in [0.4, 0.5) is 10.5 Å². The largest absolute Gasteiger partial charge is 0.478 e. The maximum Gasteiger partial charge on any atom is 0.331 e. The predicted molar refractivity (Wildman–Crippen MR) is 66.4 cm³/mol. The molecule has 0 aliphatic rings. The fourth-order valence-corrected chi connectivity index (χ4v) is 1.18. The Labute approximate surface area is 109 Å². The van der Waals surface area contributed by atoms with E-state index in [-0.39, 0.29) is 11.1 Å². The molecule has 0 aromatic carbocycles. The monoisotopic (exact) mass is 266 g/mol. The van der Waals surface area contributed by atoms with Gasteiger partial charge in [0.25, 0.3) is 5.91 Å². The third kappa shape index (κ3) is 3.95. The number of hydrogen-bond acceptors (Lipinski definition) is 4. The van der Waals surface area contributed by atoms with E-state index >= 15 is 0 Å². The van der Waals surface area contributed by atoms with E-state index in [2.05, 4.69) is 10.4 Å². The fourth-order valence-electron chi connectivity index (χ4n) is 1.18. The van der Waals surface area contributed by atoms with Crippen LogP contribution in [0.1, 0.15) is 13.8 Å². The summed E-state index contributed by atoms with van der Waals surface area (Å²) in [4.78, 5) is 33.7. The molecular weight excluding hydrogens is 252 g/mol. The van der Waals surface area contributed by atoms with Gasteiger partial charge in [-0.05, 0) is 13.8 Å². The van der Waals surface area contributed by atoms with Gasteiger partial charge in [0.15, 0.2) is 0 Å². The van der Waals surface area contributed by atoms with Gasteiger partial charge in [-0.3, -0.25) is 14.8 Å². The molecule has 19 heavy (non-hydrogen) atoms. The molecule has 0 bridgehead atoms. The lowest BCUT2D eigenvalue weighted by Gasteiger charge is -2.06. The summed E-state index contributed by atoms with van der Waals surface area (Å²) >= 11 is 0. The van der Waals surface area contributed by atoms with E-state index in [9.17, 15) is 14.4 Å². The van der Waals surface area contributed by atoms with Gasteiger partial charge < -0.3 is 10.4 Å². The van der Waals surface area contributed by atoms with Crippen molar-refractivity contribution in [3.05, 3.63) is 23.5 Å². The van der Waals surface area contributed by atoms with E-state index in [4.69, 9.17) is 5.11 Å². The van der Waals surface area contributed by atoms with Gasteiger partial charge in [-0.15, -0.1) is 0 Å². The number of urea groups is 1. The first kappa shape index (κ1) is 14.4. The zero-order valence-corrected chi connectivity index (χ0v) is 10.7. The summed E-state index contributed by atoms with van der Waals surface area (Å²) in [5.41, 5.74) is 0.268. The van der Waals surface area contributed by atoms with Crippen LogP contribution in [-0.4, -0.2) is 32.8 Å². The van der Waals surface area contributed by atoms with E-state index in [1.54, 1.807) is 13.2 Å². The maximum absolute atomic E-state index is 11.6. The van der Waals surface area contributed by atoms with Crippen LogP contribution in [0.25, 0.3) is 0 Å². The number of rotatable bonds is 3. The summed E-state index contributed by atoms with van der Waals surface area (Å²) in [6, 6.07) is -0.754. The average molecular weight is 266 g/mol. The number of nitrogens with one attached hydrogen (secondary N) is 2. The number of carboxylic acid groups (broad SMARTS) is 1. The Hall–Kier alpha value is -2.64. The van der Waals surface area contributed by atoms with Crippen molar-refractivity contribution in [1.82, 2.24) is 15.1 Å². The summed E-state index contributed by atoms with van der Waals surface area (Å²) < 4.78 is 1.48. The van der Waals surface area contributed by atoms with Crippen LogP contribution in [0.3, 0.4) is 0 Å². The molecule has 0 saturated carbocycles. The molecule has 1 heterocycles. The van der Waals surface area contributed by atoms with E-state index in [1.165, 1.54) is 24.7 Å². The molecule has 0 fully saturated rings.